The van der Waals surface area contributed by atoms with Gasteiger partial charge in [0.25, 0.3) is 5.89 Å². The summed E-state index contributed by atoms with van der Waals surface area (Å²) in [5.41, 5.74) is -0.341. The number of aromatic nitrogens is 4. The number of halogens is 2. The smallest absolute Gasteiger partial charge is 0.263 e. The quantitative estimate of drug-likeness (QED) is 0.794. The minimum atomic E-state index is -0.760. The van der Waals surface area contributed by atoms with Crippen molar-refractivity contribution in [3.63, 3.8) is 0 Å². The lowest BCUT2D eigenvalue weighted by molar-refractivity contribution is 0.418. The number of hydrogen-bond donors (Lipinski definition) is 1. The van der Waals surface area contributed by atoms with Crippen LogP contribution in [0.3, 0.4) is 0 Å². The van der Waals surface area contributed by atoms with Gasteiger partial charge in [0.2, 0.25) is 5.95 Å². The van der Waals surface area contributed by atoms with Crippen molar-refractivity contribution in [2.24, 2.45) is 0 Å². The Morgan fingerprint density at radius 3 is 2.48 bits per heavy atom. The van der Waals surface area contributed by atoms with Gasteiger partial charge < -0.3 is 9.84 Å². The first-order chi connectivity index (χ1) is 10.2. The molecule has 6 nitrogen and oxygen atoms in total. The molecule has 0 fully saturated rings. The van der Waals surface area contributed by atoms with Crippen LogP contribution in [0.15, 0.2) is 41.2 Å². The van der Waals surface area contributed by atoms with Crippen molar-refractivity contribution < 1.29 is 13.3 Å². The predicted molar refractivity (Wildman–Crippen MR) is 69.0 cm³/mol. The summed E-state index contributed by atoms with van der Waals surface area (Å²) in [6.07, 6.45) is 3.15. The molecule has 0 atom stereocenters. The van der Waals surface area contributed by atoms with Gasteiger partial charge in [-0.2, -0.15) is 4.98 Å². The number of benzene rings is 1. The molecule has 106 valence electrons. The first-order valence-corrected chi connectivity index (χ1v) is 6.02. The van der Waals surface area contributed by atoms with E-state index >= 15 is 0 Å². The molecule has 0 aliphatic rings. The lowest BCUT2D eigenvalue weighted by atomic mass is 10.2. The maximum atomic E-state index is 13.6. The van der Waals surface area contributed by atoms with Gasteiger partial charge in [-0.3, -0.25) is 0 Å². The molecule has 0 spiro atoms. The molecular weight excluding hydrogens is 280 g/mol. The van der Waals surface area contributed by atoms with Crippen LogP contribution in [0.25, 0.3) is 11.5 Å². The van der Waals surface area contributed by atoms with Crippen molar-refractivity contribution >= 4 is 5.95 Å². The van der Waals surface area contributed by atoms with E-state index in [2.05, 4.69) is 25.4 Å². The topological polar surface area (TPSA) is 76.7 Å². The number of rotatable bonds is 4. The van der Waals surface area contributed by atoms with Crippen LogP contribution in [0, 0.1) is 11.6 Å². The predicted octanol–water partition coefficient (Wildman–Crippen LogP) is 2.42. The molecule has 1 aromatic carbocycles. The summed E-state index contributed by atoms with van der Waals surface area (Å²) in [5.74, 6) is -1.11. The summed E-state index contributed by atoms with van der Waals surface area (Å²) in [7, 11) is 0. The number of hydrogen-bond acceptors (Lipinski definition) is 6. The largest absolute Gasteiger partial charge is 0.347 e. The van der Waals surface area contributed by atoms with Gasteiger partial charge in [0.05, 0.1) is 6.54 Å². The van der Waals surface area contributed by atoms with Gasteiger partial charge in [0, 0.05) is 12.4 Å². The lowest BCUT2D eigenvalue weighted by Gasteiger charge is -1.99. The fourth-order valence-electron chi connectivity index (χ4n) is 1.68. The summed E-state index contributed by atoms with van der Waals surface area (Å²) >= 11 is 0. The van der Waals surface area contributed by atoms with E-state index in [0.717, 1.165) is 12.1 Å². The Labute approximate surface area is 117 Å². The molecule has 0 amide bonds. The van der Waals surface area contributed by atoms with Crippen molar-refractivity contribution in [3.8, 4) is 11.5 Å². The Kier molecular flexibility index (Phi) is 3.50. The zero-order valence-electron chi connectivity index (χ0n) is 10.6. The Morgan fingerprint density at radius 1 is 1.05 bits per heavy atom. The first-order valence-electron chi connectivity index (χ1n) is 6.02. The van der Waals surface area contributed by atoms with E-state index in [9.17, 15) is 8.78 Å². The van der Waals surface area contributed by atoms with E-state index in [1.54, 1.807) is 18.5 Å². The highest BCUT2D eigenvalue weighted by Gasteiger charge is 2.17. The Hall–Kier alpha value is -2.90. The molecule has 0 saturated carbocycles. The highest BCUT2D eigenvalue weighted by Crippen LogP contribution is 2.24. The van der Waals surface area contributed by atoms with Gasteiger partial charge in [-0.05, 0) is 18.2 Å². The number of anilines is 1. The highest BCUT2D eigenvalue weighted by atomic mass is 19.1. The lowest BCUT2D eigenvalue weighted by Crippen LogP contribution is -2.04. The van der Waals surface area contributed by atoms with Crippen LogP contribution in [-0.2, 0) is 6.54 Å². The van der Waals surface area contributed by atoms with Gasteiger partial charge >= 0.3 is 0 Å². The SMILES string of the molecule is Fc1cccc(F)c1-c1nc(CNc2ncccn2)no1. The normalized spacial score (nSPS) is 10.6. The average Bonchev–Trinajstić information content (AvgIpc) is 2.95. The van der Waals surface area contributed by atoms with E-state index in [1.165, 1.54) is 6.07 Å². The summed E-state index contributed by atoms with van der Waals surface area (Å²) in [6.45, 7) is 0.170. The molecule has 0 aliphatic carbocycles. The maximum absolute atomic E-state index is 13.6. The molecule has 0 aliphatic heterocycles. The van der Waals surface area contributed by atoms with Crippen LogP contribution >= 0.6 is 0 Å². The molecule has 2 heterocycles. The van der Waals surface area contributed by atoms with Crippen molar-refractivity contribution in [1.82, 2.24) is 20.1 Å². The highest BCUT2D eigenvalue weighted by molar-refractivity contribution is 5.54. The minimum absolute atomic E-state index is 0.170. The summed E-state index contributed by atoms with van der Waals surface area (Å²) in [5, 5.41) is 6.51. The van der Waals surface area contributed by atoms with E-state index in [-0.39, 0.29) is 23.8 Å². The molecule has 0 unspecified atom stereocenters. The van der Waals surface area contributed by atoms with Gasteiger partial charge in [0.1, 0.15) is 17.2 Å². The van der Waals surface area contributed by atoms with Crippen LogP contribution < -0.4 is 5.32 Å². The van der Waals surface area contributed by atoms with E-state index in [4.69, 9.17) is 4.52 Å². The molecule has 0 saturated heterocycles. The zero-order chi connectivity index (χ0) is 14.7. The first kappa shape index (κ1) is 13.1. The molecular formula is C13H9F2N5O. The van der Waals surface area contributed by atoms with Gasteiger partial charge in [-0.25, -0.2) is 18.7 Å². The second kappa shape index (κ2) is 5.61. The second-order valence-corrected chi connectivity index (χ2v) is 4.04. The third-order valence-corrected chi connectivity index (χ3v) is 2.62. The molecule has 8 heteroatoms. The van der Waals surface area contributed by atoms with Crippen LogP contribution in [-0.4, -0.2) is 20.1 Å². The van der Waals surface area contributed by atoms with E-state index in [0.29, 0.717) is 5.95 Å². The van der Waals surface area contributed by atoms with Crippen molar-refractivity contribution in [2.45, 2.75) is 6.54 Å². The molecule has 3 rings (SSSR count). The van der Waals surface area contributed by atoms with Gasteiger partial charge in [0.15, 0.2) is 5.82 Å². The van der Waals surface area contributed by atoms with Crippen LogP contribution in [0.5, 0.6) is 0 Å². The van der Waals surface area contributed by atoms with Gasteiger partial charge in [-0.1, -0.05) is 11.2 Å². The van der Waals surface area contributed by atoms with Crippen LogP contribution in [0.1, 0.15) is 5.82 Å². The Balaban J connectivity index is 1.78. The molecule has 2 aromatic heterocycles. The fourth-order valence-corrected chi connectivity index (χ4v) is 1.68. The van der Waals surface area contributed by atoms with Crippen LogP contribution in [0.4, 0.5) is 14.7 Å². The van der Waals surface area contributed by atoms with E-state index < -0.39 is 11.6 Å². The number of nitrogens with zero attached hydrogens (tertiary/aromatic N) is 4. The molecule has 0 bridgehead atoms. The fraction of sp³-hybridized carbons (Fsp3) is 0.0769. The van der Waals surface area contributed by atoms with Crippen molar-refractivity contribution in [3.05, 3.63) is 54.1 Å². The summed E-state index contributed by atoms with van der Waals surface area (Å²) in [6, 6.07) is 5.19. The van der Waals surface area contributed by atoms with E-state index in [1.807, 2.05) is 0 Å². The monoisotopic (exact) mass is 289 g/mol. The molecule has 21 heavy (non-hydrogen) atoms. The van der Waals surface area contributed by atoms with Crippen LogP contribution in [0.2, 0.25) is 0 Å². The molecule has 3 aromatic rings. The Bertz CT molecular complexity index is 727. The van der Waals surface area contributed by atoms with Crippen molar-refractivity contribution in [1.29, 1.82) is 0 Å². The summed E-state index contributed by atoms with van der Waals surface area (Å²) in [4.78, 5) is 11.9. The zero-order valence-corrected chi connectivity index (χ0v) is 10.6. The third-order valence-electron chi connectivity index (χ3n) is 2.62. The molecule has 1 N–H and O–H groups in total. The number of nitrogens with one attached hydrogen (secondary N) is 1. The standard InChI is InChI=1S/C13H9F2N5O/c14-8-3-1-4-9(15)11(8)12-19-10(20-21-12)7-18-13-16-5-2-6-17-13/h1-6H,7H2,(H,16,17,18). The summed E-state index contributed by atoms with van der Waals surface area (Å²) < 4.78 is 32.1. The van der Waals surface area contributed by atoms with Gasteiger partial charge in [-0.15, -0.1) is 0 Å². The maximum Gasteiger partial charge on any atom is 0.263 e. The second-order valence-electron chi connectivity index (χ2n) is 4.04. The average molecular weight is 289 g/mol. The minimum Gasteiger partial charge on any atom is -0.347 e. The van der Waals surface area contributed by atoms with Crippen molar-refractivity contribution in [2.75, 3.05) is 5.32 Å². The third kappa shape index (κ3) is 2.83. The Morgan fingerprint density at radius 2 is 1.76 bits per heavy atom. The molecule has 0 radical (unpaired) electrons.